The molecule has 125 valence electrons. The van der Waals surface area contributed by atoms with E-state index in [-0.39, 0.29) is 5.54 Å². The zero-order valence-corrected chi connectivity index (χ0v) is 16.4. The Morgan fingerprint density at radius 1 is 0.857 bits per heavy atom. The van der Waals surface area contributed by atoms with Crippen molar-refractivity contribution in [2.75, 3.05) is 26.2 Å². The van der Waals surface area contributed by atoms with Crippen LogP contribution in [0.1, 0.15) is 48.5 Å². The monoisotopic (exact) mass is 331 g/mol. The van der Waals surface area contributed by atoms with Gasteiger partial charge >= 0.3 is 47.3 Å². The second-order valence-electron chi connectivity index (χ2n) is 4.95. The van der Waals surface area contributed by atoms with Gasteiger partial charge in [0, 0.05) is 0 Å². The molecule has 0 atom stereocenters. The smallest absolute Gasteiger partial charge is 0.0844 e. The molecule has 0 unspecified atom stereocenters. The van der Waals surface area contributed by atoms with Gasteiger partial charge in [0.05, 0.1) is 0 Å². The molecule has 0 aliphatic carbocycles. The van der Waals surface area contributed by atoms with Crippen LogP contribution >= 0.6 is 0 Å². The van der Waals surface area contributed by atoms with E-state index in [2.05, 4.69) is 52.4 Å². The summed E-state index contributed by atoms with van der Waals surface area (Å²) >= 11 is 2.22. The summed E-state index contributed by atoms with van der Waals surface area (Å²) in [7, 11) is 0. The minimum atomic E-state index is 0.139. The van der Waals surface area contributed by atoms with Gasteiger partial charge < -0.3 is 10.6 Å². The summed E-state index contributed by atoms with van der Waals surface area (Å²) < 4.78 is 3.96. The maximum Gasteiger partial charge on any atom is -0.0844 e. The molecule has 4 heteroatoms. The van der Waals surface area contributed by atoms with Crippen molar-refractivity contribution in [1.82, 2.24) is 0 Å². The van der Waals surface area contributed by atoms with Crippen LogP contribution < -0.4 is 0 Å². The van der Waals surface area contributed by atoms with Crippen LogP contribution in [-0.4, -0.2) is 31.7 Å². The van der Waals surface area contributed by atoms with E-state index in [1.54, 1.807) is 0 Å². The first-order valence-corrected chi connectivity index (χ1v) is 8.31. The van der Waals surface area contributed by atoms with E-state index in [0.29, 0.717) is 0 Å². The van der Waals surface area contributed by atoms with Crippen molar-refractivity contribution in [3.05, 3.63) is 41.0 Å². The van der Waals surface area contributed by atoms with Crippen LogP contribution in [0.5, 0.6) is 0 Å². The number of rotatable bonds is 4. The normalized spacial score (nSPS) is 9.05. The number of hydrogen-bond donors (Lipinski definition) is 0. The molecule has 0 aromatic heterocycles. The Morgan fingerprint density at radius 3 is 1.19 bits per heavy atom. The van der Waals surface area contributed by atoms with Crippen molar-refractivity contribution >= 4 is 0 Å². The predicted molar refractivity (Wildman–Crippen MR) is 93.1 cm³/mol. The summed E-state index contributed by atoms with van der Waals surface area (Å²) in [5, 5.41) is 7.94. The third-order valence-corrected chi connectivity index (χ3v) is 2.69. The summed E-state index contributed by atoms with van der Waals surface area (Å²) in [5.74, 6) is 0. The van der Waals surface area contributed by atoms with Crippen LogP contribution in [0.2, 0.25) is 0 Å². The predicted octanol–water partition coefficient (Wildman–Crippen LogP) is 5.72. The fraction of sp³-hybridized carbons (Fsp3) is 0.706. The van der Waals surface area contributed by atoms with Gasteiger partial charge in [0.2, 0.25) is 0 Å². The quantitative estimate of drug-likeness (QED) is 0.633. The molecule has 0 N–H and O–H groups in total. The summed E-state index contributed by atoms with van der Waals surface area (Å²) in [6, 6.07) is 10.0. The van der Waals surface area contributed by atoms with Crippen molar-refractivity contribution in [3.63, 3.8) is 0 Å². The zero-order chi connectivity index (χ0) is 17.0. The number of nitrogens with zero attached hydrogens (tertiary/aromatic N) is 3. The minimum Gasteiger partial charge on any atom is -0.663 e. The SMILES string of the molecule is CC(C)(C)[N]=[V].CC[N-]CC.CC[N-]CC.c1cc[cH-]c1. The Labute approximate surface area is 142 Å². The molecule has 1 aromatic carbocycles. The molecule has 0 radical (unpaired) electrons. The van der Waals surface area contributed by atoms with Gasteiger partial charge in [-0.3, -0.25) is 0 Å². The van der Waals surface area contributed by atoms with Gasteiger partial charge in [-0.2, -0.15) is 44.4 Å². The summed E-state index contributed by atoms with van der Waals surface area (Å²) in [6.07, 6.45) is 0. The average Bonchev–Trinajstić information content (AvgIpc) is 3.00. The molecule has 0 heterocycles. The molecule has 0 spiro atoms. The molecule has 0 aliphatic heterocycles. The first-order chi connectivity index (χ1) is 9.89. The molecule has 1 rings (SSSR count). The molecule has 0 aliphatic rings. The molecule has 21 heavy (non-hydrogen) atoms. The first kappa shape index (κ1) is 25.6. The second kappa shape index (κ2) is 21.9. The van der Waals surface area contributed by atoms with Gasteiger partial charge in [0.15, 0.2) is 0 Å². The van der Waals surface area contributed by atoms with Crippen LogP contribution in [0.25, 0.3) is 10.6 Å². The Bertz CT molecular complexity index is 226. The van der Waals surface area contributed by atoms with E-state index in [1.165, 1.54) is 0 Å². The van der Waals surface area contributed by atoms with Gasteiger partial charge in [-0.05, 0) is 0 Å². The third-order valence-electron chi connectivity index (χ3n) is 1.75. The fourth-order valence-electron chi connectivity index (χ4n) is 0.768. The summed E-state index contributed by atoms with van der Waals surface area (Å²) in [6.45, 7) is 18.2. The van der Waals surface area contributed by atoms with Crippen LogP contribution in [0.3, 0.4) is 0 Å². The fourth-order valence-corrected chi connectivity index (χ4v) is 0.768. The van der Waals surface area contributed by atoms with E-state index in [0.717, 1.165) is 26.2 Å². The second-order valence-corrected chi connectivity index (χ2v) is 5.26. The molecule has 0 saturated heterocycles. The molecule has 3 nitrogen and oxygen atoms in total. The van der Waals surface area contributed by atoms with Crippen molar-refractivity contribution in [1.29, 1.82) is 0 Å². The molecule has 0 bridgehead atoms. The van der Waals surface area contributed by atoms with Crippen LogP contribution in [-0.2, 0) is 17.2 Å². The van der Waals surface area contributed by atoms with Crippen molar-refractivity contribution < 1.29 is 17.2 Å². The number of hydrogen-bond acceptors (Lipinski definition) is 1. The largest absolute Gasteiger partial charge is 0.663 e. The van der Waals surface area contributed by atoms with Crippen molar-refractivity contribution in [3.8, 4) is 0 Å². The standard InChI is InChI=1S/C5H5.C4H9N.2C4H10N.V/c1-2-4-5-3-1;1-4(2,3)5;2*1-3-5-4-2;/h1-5H;1-3H3;2*3-4H2,1-2H3;/q-1;;2*-1;. The first-order valence-electron chi connectivity index (χ1n) is 7.68. The van der Waals surface area contributed by atoms with E-state index in [1.807, 2.05) is 58.0 Å². The van der Waals surface area contributed by atoms with Gasteiger partial charge in [0.1, 0.15) is 0 Å². The van der Waals surface area contributed by atoms with E-state index in [9.17, 15) is 0 Å². The minimum absolute atomic E-state index is 0.139. The van der Waals surface area contributed by atoms with E-state index < -0.39 is 0 Å². The zero-order valence-electron chi connectivity index (χ0n) is 15.0. The van der Waals surface area contributed by atoms with Crippen LogP contribution in [0.15, 0.2) is 34.1 Å². The van der Waals surface area contributed by atoms with Gasteiger partial charge in [-0.25, -0.2) is 12.1 Å². The molecule has 0 saturated carbocycles. The topological polar surface area (TPSA) is 40.6 Å². The third kappa shape index (κ3) is 45.1. The van der Waals surface area contributed by atoms with E-state index in [4.69, 9.17) is 0 Å². The Kier molecular flexibility index (Phi) is 26.8. The Hall–Kier alpha value is -0.346. The molecule has 0 fully saturated rings. The Balaban J connectivity index is -0.000000206. The molecular formula is C17H34N3V-3. The van der Waals surface area contributed by atoms with Gasteiger partial charge in [-0.1, -0.05) is 27.7 Å². The van der Waals surface area contributed by atoms with Crippen LogP contribution in [0.4, 0.5) is 0 Å². The van der Waals surface area contributed by atoms with Gasteiger partial charge in [0.25, 0.3) is 0 Å². The molecule has 1 aromatic rings. The maximum atomic E-state index is 3.97. The van der Waals surface area contributed by atoms with Crippen molar-refractivity contribution in [2.24, 2.45) is 3.79 Å². The van der Waals surface area contributed by atoms with Gasteiger partial charge in [-0.15, -0.1) is 0 Å². The summed E-state index contributed by atoms with van der Waals surface area (Å²) in [5.41, 5.74) is 0.139. The average molecular weight is 331 g/mol. The molecular weight excluding hydrogens is 297 g/mol. The van der Waals surface area contributed by atoms with E-state index >= 15 is 0 Å². The molecule has 0 amide bonds. The maximum absolute atomic E-state index is 3.97. The Morgan fingerprint density at radius 2 is 1.14 bits per heavy atom. The van der Waals surface area contributed by atoms with Crippen LogP contribution in [0, 0.1) is 0 Å². The van der Waals surface area contributed by atoms with Crippen molar-refractivity contribution in [2.45, 2.75) is 54.0 Å². The summed E-state index contributed by atoms with van der Waals surface area (Å²) in [4.78, 5) is 0.